The number of ether oxygens (including phenoxy) is 1. The molecule has 7 heteroatoms. The van der Waals surface area contributed by atoms with Gasteiger partial charge in [0, 0.05) is 24.2 Å². The number of benzene rings is 1. The lowest BCUT2D eigenvalue weighted by Crippen LogP contribution is -2.35. The zero-order valence-corrected chi connectivity index (χ0v) is 14.1. The molecule has 0 aliphatic heterocycles. The van der Waals surface area contributed by atoms with Crippen molar-refractivity contribution >= 4 is 34.8 Å². The van der Waals surface area contributed by atoms with Gasteiger partial charge in [0.15, 0.2) is 0 Å². The third-order valence-electron chi connectivity index (χ3n) is 3.14. The molecular weight excluding hydrogens is 338 g/mol. The van der Waals surface area contributed by atoms with E-state index >= 15 is 0 Å². The summed E-state index contributed by atoms with van der Waals surface area (Å²) < 4.78 is 5.07. The molecule has 0 saturated carbocycles. The van der Waals surface area contributed by atoms with E-state index in [1.54, 1.807) is 36.8 Å². The summed E-state index contributed by atoms with van der Waals surface area (Å²) in [5, 5.41) is 11.5. The quantitative estimate of drug-likeness (QED) is 0.829. The van der Waals surface area contributed by atoms with Crippen molar-refractivity contribution < 1.29 is 19.4 Å². The number of methoxy groups -OCH3 is 1. The van der Waals surface area contributed by atoms with Crippen molar-refractivity contribution in [1.29, 1.82) is 0 Å². The van der Waals surface area contributed by atoms with Crippen LogP contribution < -0.4 is 0 Å². The molecule has 1 heterocycles. The van der Waals surface area contributed by atoms with Crippen LogP contribution in [-0.2, 0) is 22.7 Å². The SMILES string of the molecule is COCc1ccsc1C(=O)N(CC(=O)O)Cc1ccc(Cl)cc1. The monoisotopic (exact) mass is 353 g/mol. The van der Waals surface area contributed by atoms with Crippen molar-refractivity contribution in [3.8, 4) is 0 Å². The molecule has 0 aliphatic rings. The van der Waals surface area contributed by atoms with Gasteiger partial charge in [0.05, 0.1) is 11.5 Å². The van der Waals surface area contributed by atoms with Crippen molar-refractivity contribution in [2.75, 3.05) is 13.7 Å². The first-order valence-corrected chi connectivity index (χ1v) is 8.08. The Kier molecular flexibility index (Phi) is 6.15. The van der Waals surface area contributed by atoms with Crippen LogP contribution in [-0.4, -0.2) is 35.5 Å². The zero-order chi connectivity index (χ0) is 16.8. The summed E-state index contributed by atoms with van der Waals surface area (Å²) in [5.41, 5.74) is 1.57. The Morgan fingerprint density at radius 2 is 1.96 bits per heavy atom. The van der Waals surface area contributed by atoms with Crippen molar-refractivity contribution in [1.82, 2.24) is 4.90 Å². The number of carbonyl (C=O) groups excluding carboxylic acids is 1. The maximum Gasteiger partial charge on any atom is 0.323 e. The number of carbonyl (C=O) groups is 2. The molecule has 0 radical (unpaired) electrons. The number of hydrogen-bond donors (Lipinski definition) is 1. The maximum atomic E-state index is 12.7. The second-order valence-corrected chi connectivity index (χ2v) is 6.24. The van der Waals surface area contributed by atoms with E-state index < -0.39 is 5.97 Å². The van der Waals surface area contributed by atoms with E-state index in [1.165, 1.54) is 16.2 Å². The molecule has 0 spiro atoms. The molecular formula is C16H16ClNO4S. The lowest BCUT2D eigenvalue weighted by Gasteiger charge is -2.21. The van der Waals surface area contributed by atoms with Crippen LogP contribution in [0.5, 0.6) is 0 Å². The molecule has 5 nitrogen and oxygen atoms in total. The van der Waals surface area contributed by atoms with Gasteiger partial charge >= 0.3 is 5.97 Å². The van der Waals surface area contributed by atoms with E-state index in [2.05, 4.69) is 0 Å². The number of nitrogens with zero attached hydrogens (tertiary/aromatic N) is 1. The standard InChI is InChI=1S/C16H16ClNO4S/c1-22-10-12-6-7-23-15(12)16(21)18(9-14(19)20)8-11-2-4-13(17)5-3-11/h2-7H,8-10H2,1H3,(H,19,20). The second-order valence-electron chi connectivity index (χ2n) is 4.89. The average molecular weight is 354 g/mol. The Morgan fingerprint density at radius 1 is 1.26 bits per heavy atom. The van der Waals surface area contributed by atoms with E-state index in [1.807, 2.05) is 6.07 Å². The number of halogens is 1. The molecule has 2 aromatic rings. The van der Waals surface area contributed by atoms with Crippen LogP contribution in [0, 0.1) is 0 Å². The predicted octanol–water partition coefficient (Wildman–Crippen LogP) is 3.27. The first kappa shape index (κ1) is 17.5. The highest BCUT2D eigenvalue weighted by Gasteiger charge is 2.22. The molecule has 1 aromatic heterocycles. The van der Waals surface area contributed by atoms with Crippen LogP contribution in [0.15, 0.2) is 35.7 Å². The fourth-order valence-corrected chi connectivity index (χ4v) is 3.11. The smallest absolute Gasteiger partial charge is 0.323 e. The largest absolute Gasteiger partial charge is 0.480 e. The first-order valence-electron chi connectivity index (χ1n) is 6.82. The highest BCUT2D eigenvalue weighted by atomic mass is 35.5. The van der Waals surface area contributed by atoms with Crippen LogP contribution in [0.2, 0.25) is 5.02 Å². The van der Waals surface area contributed by atoms with Gasteiger partial charge in [-0.15, -0.1) is 11.3 Å². The molecule has 23 heavy (non-hydrogen) atoms. The van der Waals surface area contributed by atoms with E-state index in [9.17, 15) is 9.59 Å². The molecule has 0 unspecified atom stereocenters. The van der Waals surface area contributed by atoms with E-state index in [0.29, 0.717) is 16.5 Å². The van der Waals surface area contributed by atoms with Crippen molar-refractivity contribution in [2.45, 2.75) is 13.2 Å². The summed E-state index contributed by atoms with van der Waals surface area (Å²) in [6.45, 7) is 0.144. The number of aliphatic carboxylic acids is 1. The van der Waals surface area contributed by atoms with E-state index in [-0.39, 0.29) is 19.0 Å². The van der Waals surface area contributed by atoms with Crippen LogP contribution in [0.25, 0.3) is 0 Å². The normalized spacial score (nSPS) is 10.5. The molecule has 1 aromatic carbocycles. The summed E-state index contributed by atoms with van der Waals surface area (Å²) in [6, 6.07) is 8.77. The van der Waals surface area contributed by atoms with E-state index in [0.717, 1.165) is 11.1 Å². The summed E-state index contributed by atoms with van der Waals surface area (Å²) in [4.78, 5) is 25.6. The number of carboxylic acids is 1. The van der Waals surface area contributed by atoms with Crippen molar-refractivity contribution in [3.05, 3.63) is 56.7 Å². The van der Waals surface area contributed by atoms with E-state index in [4.69, 9.17) is 21.4 Å². The van der Waals surface area contributed by atoms with Gasteiger partial charge in [-0.2, -0.15) is 0 Å². The second kappa shape index (κ2) is 8.10. The van der Waals surface area contributed by atoms with Gasteiger partial charge < -0.3 is 14.7 Å². The summed E-state index contributed by atoms with van der Waals surface area (Å²) >= 11 is 7.13. The molecule has 1 amide bonds. The summed E-state index contributed by atoms with van der Waals surface area (Å²) in [5.74, 6) is -1.37. The molecule has 0 saturated heterocycles. The van der Waals surface area contributed by atoms with Gasteiger partial charge in [-0.25, -0.2) is 0 Å². The van der Waals surface area contributed by atoms with Gasteiger partial charge in [0.2, 0.25) is 0 Å². The number of carboxylic acid groups (broad SMARTS) is 1. The molecule has 1 N–H and O–H groups in total. The van der Waals surface area contributed by atoms with Crippen LogP contribution in [0.1, 0.15) is 20.8 Å². The highest BCUT2D eigenvalue weighted by Crippen LogP contribution is 2.21. The van der Waals surface area contributed by atoms with Crippen LogP contribution in [0.4, 0.5) is 0 Å². The van der Waals surface area contributed by atoms with Gasteiger partial charge in [0.25, 0.3) is 5.91 Å². The summed E-state index contributed by atoms with van der Waals surface area (Å²) in [7, 11) is 1.55. The average Bonchev–Trinajstić information content (AvgIpc) is 2.96. The lowest BCUT2D eigenvalue weighted by atomic mass is 10.2. The molecule has 0 bridgehead atoms. The number of thiophene rings is 1. The Hall–Kier alpha value is -1.89. The third-order valence-corrected chi connectivity index (χ3v) is 4.34. The minimum Gasteiger partial charge on any atom is -0.480 e. The predicted molar refractivity (Wildman–Crippen MR) is 88.9 cm³/mol. The van der Waals surface area contributed by atoms with Crippen LogP contribution >= 0.6 is 22.9 Å². The minimum absolute atomic E-state index is 0.201. The molecule has 2 rings (SSSR count). The van der Waals surface area contributed by atoms with Gasteiger partial charge in [0.1, 0.15) is 6.54 Å². The van der Waals surface area contributed by atoms with Gasteiger partial charge in [-0.1, -0.05) is 23.7 Å². The van der Waals surface area contributed by atoms with Crippen LogP contribution in [0.3, 0.4) is 0 Å². The fraction of sp³-hybridized carbons (Fsp3) is 0.250. The number of amides is 1. The molecule has 0 atom stereocenters. The van der Waals surface area contributed by atoms with Crippen molar-refractivity contribution in [3.63, 3.8) is 0 Å². The fourth-order valence-electron chi connectivity index (χ4n) is 2.11. The lowest BCUT2D eigenvalue weighted by molar-refractivity contribution is -0.137. The Morgan fingerprint density at radius 3 is 2.57 bits per heavy atom. The zero-order valence-electron chi connectivity index (χ0n) is 12.5. The Bertz CT molecular complexity index is 684. The molecule has 0 aliphatic carbocycles. The summed E-state index contributed by atoms with van der Waals surface area (Å²) in [6.07, 6.45) is 0. The maximum absolute atomic E-state index is 12.7. The van der Waals surface area contributed by atoms with Crippen molar-refractivity contribution in [2.24, 2.45) is 0 Å². The topological polar surface area (TPSA) is 66.8 Å². The highest BCUT2D eigenvalue weighted by molar-refractivity contribution is 7.12. The first-order chi connectivity index (χ1) is 11.0. The van der Waals surface area contributed by atoms with Gasteiger partial charge in [-0.05, 0) is 29.1 Å². The minimum atomic E-state index is -1.06. The third kappa shape index (κ3) is 4.79. The number of hydrogen-bond acceptors (Lipinski definition) is 4. The Balaban J connectivity index is 2.22. The molecule has 122 valence electrons. The number of rotatable bonds is 7. The van der Waals surface area contributed by atoms with Gasteiger partial charge in [-0.3, -0.25) is 9.59 Å². The molecule has 0 fully saturated rings. The Labute approximate surface area is 143 Å².